The van der Waals surface area contributed by atoms with Crippen molar-refractivity contribution in [3.05, 3.63) is 40.6 Å². The number of hydrogen-bond donors (Lipinski definition) is 1. The van der Waals surface area contributed by atoms with Crippen LogP contribution in [-0.4, -0.2) is 9.97 Å². The highest BCUT2D eigenvalue weighted by Crippen LogP contribution is 2.30. The Bertz CT molecular complexity index is 678. The molecule has 0 saturated carbocycles. The van der Waals surface area contributed by atoms with Gasteiger partial charge in [0.05, 0.1) is 16.3 Å². The summed E-state index contributed by atoms with van der Waals surface area (Å²) in [5, 5.41) is 7.20. The predicted octanol–water partition coefficient (Wildman–Crippen LogP) is 4.46. The minimum atomic E-state index is -0.227. The summed E-state index contributed by atoms with van der Waals surface area (Å²) in [7, 11) is 0. The summed E-state index contributed by atoms with van der Waals surface area (Å²) in [5.74, 6) is -0.227. The van der Waals surface area contributed by atoms with E-state index in [-0.39, 0.29) is 11.9 Å². The number of hydrogen-bond acceptors (Lipinski definition) is 5. The van der Waals surface area contributed by atoms with Crippen molar-refractivity contribution in [2.24, 2.45) is 0 Å². The van der Waals surface area contributed by atoms with E-state index < -0.39 is 0 Å². The maximum atomic E-state index is 13.1. The zero-order valence-electron chi connectivity index (χ0n) is 10.3. The molecule has 0 spiro atoms. The SMILES string of the molecule is CCC(Nc1nc2ccc(F)cc2s1)c1nccs1. The van der Waals surface area contributed by atoms with E-state index in [0.717, 1.165) is 26.8 Å². The molecule has 1 unspecified atom stereocenters. The van der Waals surface area contributed by atoms with Gasteiger partial charge in [-0.15, -0.1) is 11.3 Å². The Kier molecular flexibility index (Phi) is 3.44. The van der Waals surface area contributed by atoms with Crippen LogP contribution in [0.4, 0.5) is 9.52 Å². The average molecular weight is 293 g/mol. The van der Waals surface area contributed by atoms with Crippen molar-refractivity contribution in [2.75, 3.05) is 5.32 Å². The molecule has 0 aliphatic carbocycles. The quantitative estimate of drug-likeness (QED) is 0.772. The van der Waals surface area contributed by atoms with Crippen molar-refractivity contribution in [3.63, 3.8) is 0 Å². The van der Waals surface area contributed by atoms with Gasteiger partial charge in [-0.25, -0.2) is 14.4 Å². The monoisotopic (exact) mass is 293 g/mol. The molecule has 2 heterocycles. The molecule has 2 aromatic heterocycles. The summed E-state index contributed by atoms with van der Waals surface area (Å²) in [5.41, 5.74) is 0.822. The van der Waals surface area contributed by atoms with Crippen molar-refractivity contribution in [1.82, 2.24) is 9.97 Å². The number of nitrogens with one attached hydrogen (secondary N) is 1. The molecule has 19 heavy (non-hydrogen) atoms. The summed E-state index contributed by atoms with van der Waals surface area (Å²) in [6, 6.07) is 4.81. The first-order valence-corrected chi connectivity index (χ1v) is 7.68. The normalized spacial score (nSPS) is 12.7. The largest absolute Gasteiger partial charge is 0.352 e. The molecule has 1 aromatic carbocycles. The maximum absolute atomic E-state index is 13.1. The number of anilines is 1. The first kappa shape index (κ1) is 12.5. The third kappa shape index (κ3) is 2.59. The van der Waals surface area contributed by atoms with Gasteiger partial charge in [-0.2, -0.15) is 0 Å². The van der Waals surface area contributed by atoms with Gasteiger partial charge in [-0.3, -0.25) is 0 Å². The fourth-order valence-corrected chi connectivity index (χ4v) is 3.57. The van der Waals surface area contributed by atoms with Crippen molar-refractivity contribution in [2.45, 2.75) is 19.4 Å². The van der Waals surface area contributed by atoms with Gasteiger partial charge in [0.25, 0.3) is 0 Å². The molecule has 0 fully saturated rings. The zero-order valence-corrected chi connectivity index (χ0v) is 11.9. The second-order valence-electron chi connectivity index (χ2n) is 4.11. The first-order valence-electron chi connectivity index (χ1n) is 5.98. The third-order valence-corrected chi connectivity index (χ3v) is 4.64. The summed E-state index contributed by atoms with van der Waals surface area (Å²) >= 11 is 3.09. The van der Waals surface area contributed by atoms with Gasteiger partial charge in [0.2, 0.25) is 0 Å². The molecule has 3 nitrogen and oxygen atoms in total. The van der Waals surface area contributed by atoms with Gasteiger partial charge in [0.15, 0.2) is 5.13 Å². The van der Waals surface area contributed by atoms with Gasteiger partial charge in [0.1, 0.15) is 10.8 Å². The van der Waals surface area contributed by atoms with Crippen molar-refractivity contribution in [1.29, 1.82) is 0 Å². The smallest absolute Gasteiger partial charge is 0.184 e. The van der Waals surface area contributed by atoms with Crippen LogP contribution in [0.5, 0.6) is 0 Å². The topological polar surface area (TPSA) is 37.8 Å². The molecule has 0 amide bonds. The predicted molar refractivity (Wildman–Crippen MR) is 78.3 cm³/mol. The molecule has 1 N–H and O–H groups in total. The summed E-state index contributed by atoms with van der Waals surface area (Å²) in [6.45, 7) is 2.10. The van der Waals surface area contributed by atoms with Gasteiger partial charge in [-0.05, 0) is 24.6 Å². The van der Waals surface area contributed by atoms with E-state index in [1.165, 1.54) is 23.5 Å². The average Bonchev–Trinajstić information content (AvgIpc) is 3.04. The lowest BCUT2D eigenvalue weighted by Crippen LogP contribution is -2.08. The molecule has 0 radical (unpaired) electrons. The van der Waals surface area contributed by atoms with Gasteiger partial charge >= 0.3 is 0 Å². The van der Waals surface area contributed by atoms with E-state index >= 15 is 0 Å². The highest BCUT2D eigenvalue weighted by molar-refractivity contribution is 7.22. The molecule has 3 rings (SSSR count). The number of rotatable bonds is 4. The van der Waals surface area contributed by atoms with Crippen molar-refractivity contribution >= 4 is 38.0 Å². The minimum Gasteiger partial charge on any atom is -0.352 e. The summed E-state index contributed by atoms with van der Waals surface area (Å²) < 4.78 is 14.0. The van der Waals surface area contributed by atoms with Crippen LogP contribution in [0, 0.1) is 5.82 Å². The first-order chi connectivity index (χ1) is 9.26. The fourth-order valence-electron chi connectivity index (χ4n) is 1.85. The van der Waals surface area contributed by atoms with Crippen LogP contribution in [-0.2, 0) is 0 Å². The number of fused-ring (bicyclic) bond motifs is 1. The number of benzene rings is 1. The lowest BCUT2D eigenvalue weighted by atomic mass is 10.2. The molecule has 0 bridgehead atoms. The molecule has 1 atom stereocenters. The van der Waals surface area contributed by atoms with Crippen LogP contribution in [0.25, 0.3) is 10.2 Å². The number of aromatic nitrogens is 2. The maximum Gasteiger partial charge on any atom is 0.184 e. The Balaban J connectivity index is 1.88. The summed E-state index contributed by atoms with van der Waals surface area (Å²) in [4.78, 5) is 8.79. The van der Waals surface area contributed by atoms with Crippen LogP contribution in [0.3, 0.4) is 0 Å². The van der Waals surface area contributed by atoms with E-state index in [9.17, 15) is 4.39 Å². The van der Waals surface area contributed by atoms with Crippen molar-refractivity contribution < 1.29 is 4.39 Å². The molecule has 98 valence electrons. The minimum absolute atomic E-state index is 0.158. The van der Waals surface area contributed by atoms with Crippen LogP contribution in [0.1, 0.15) is 24.4 Å². The molecule has 0 aliphatic rings. The van der Waals surface area contributed by atoms with E-state index in [1.54, 1.807) is 23.6 Å². The van der Waals surface area contributed by atoms with E-state index in [2.05, 4.69) is 22.2 Å². The Morgan fingerprint density at radius 2 is 2.32 bits per heavy atom. The van der Waals surface area contributed by atoms with Gasteiger partial charge < -0.3 is 5.32 Å². The third-order valence-electron chi connectivity index (χ3n) is 2.81. The lowest BCUT2D eigenvalue weighted by Gasteiger charge is -2.12. The van der Waals surface area contributed by atoms with Crippen LogP contribution < -0.4 is 5.32 Å². The van der Waals surface area contributed by atoms with Gasteiger partial charge in [0, 0.05) is 11.6 Å². The highest BCUT2D eigenvalue weighted by atomic mass is 32.1. The van der Waals surface area contributed by atoms with E-state index in [0.29, 0.717) is 0 Å². The second-order valence-corrected chi connectivity index (χ2v) is 6.06. The Labute approximate surface area is 118 Å². The zero-order chi connectivity index (χ0) is 13.2. The van der Waals surface area contributed by atoms with Crippen LogP contribution >= 0.6 is 22.7 Å². The van der Waals surface area contributed by atoms with Crippen LogP contribution in [0.15, 0.2) is 29.8 Å². The molecular formula is C13H12FN3S2. The molecule has 6 heteroatoms. The highest BCUT2D eigenvalue weighted by Gasteiger charge is 2.14. The van der Waals surface area contributed by atoms with Crippen LogP contribution in [0.2, 0.25) is 0 Å². The molecule has 0 aliphatic heterocycles. The Morgan fingerprint density at radius 3 is 3.05 bits per heavy atom. The number of nitrogens with zero attached hydrogens (tertiary/aromatic N) is 2. The molecular weight excluding hydrogens is 281 g/mol. The Hall–Kier alpha value is -1.53. The summed E-state index contributed by atoms with van der Waals surface area (Å²) in [6.07, 6.45) is 2.73. The van der Waals surface area contributed by atoms with E-state index in [1.807, 2.05) is 5.38 Å². The molecule has 3 aromatic rings. The van der Waals surface area contributed by atoms with Gasteiger partial charge in [-0.1, -0.05) is 18.3 Å². The standard InChI is InChI=1S/C13H12FN3S2/c1-2-9(12-15-5-6-18-12)16-13-17-10-4-3-8(14)7-11(10)19-13/h3-7,9H,2H2,1H3,(H,16,17). The number of thiazole rings is 2. The van der Waals surface area contributed by atoms with Crippen molar-refractivity contribution in [3.8, 4) is 0 Å². The fraction of sp³-hybridized carbons (Fsp3) is 0.231. The number of halogens is 1. The molecule has 0 saturated heterocycles. The lowest BCUT2D eigenvalue weighted by molar-refractivity contribution is 0.630. The second kappa shape index (κ2) is 5.22. The van der Waals surface area contributed by atoms with E-state index in [4.69, 9.17) is 0 Å². The Morgan fingerprint density at radius 1 is 1.42 bits per heavy atom.